The maximum absolute atomic E-state index is 12.2. The molecule has 0 amide bonds. The first kappa shape index (κ1) is 21.5. The van der Waals surface area contributed by atoms with Gasteiger partial charge in [-0.05, 0) is 42.0 Å². The molecule has 0 aliphatic rings. The third kappa shape index (κ3) is 5.43. The van der Waals surface area contributed by atoms with Crippen LogP contribution in [-0.4, -0.2) is 31.3 Å². The summed E-state index contributed by atoms with van der Waals surface area (Å²) >= 11 is 6.83. The standard InChI is InChI=1S/C22H20N2O4S2/c1-27-20(25)15-9-6-10-16(12-15)23-22(29)24-19-18(21(26)28-2)13-17(30-19)11-14-7-4-3-5-8-14/h3-10,12-13H,11H2,1-2H3,(H2,23,24,29). The maximum atomic E-state index is 12.2. The number of carbonyl (C=O) groups excluding carboxylic acids is 2. The molecule has 0 aliphatic carbocycles. The molecular formula is C22H20N2O4S2. The molecule has 1 aromatic heterocycles. The summed E-state index contributed by atoms with van der Waals surface area (Å²) in [6.45, 7) is 0. The molecule has 0 radical (unpaired) electrons. The molecule has 1 heterocycles. The molecule has 0 atom stereocenters. The van der Waals surface area contributed by atoms with Gasteiger partial charge in [0.1, 0.15) is 5.00 Å². The Balaban J connectivity index is 1.76. The lowest BCUT2D eigenvalue weighted by molar-refractivity contribution is 0.0592. The topological polar surface area (TPSA) is 76.7 Å². The van der Waals surface area contributed by atoms with Gasteiger partial charge in [-0.1, -0.05) is 36.4 Å². The van der Waals surface area contributed by atoms with Crippen LogP contribution >= 0.6 is 23.6 Å². The smallest absolute Gasteiger partial charge is 0.340 e. The van der Waals surface area contributed by atoms with Crippen molar-refractivity contribution in [2.45, 2.75) is 6.42 Å². The largest absolute Gasteiger partial charge is 0.465 e. The normalized spacial score (nSPS) is 10.2. The Morgan fingerprint density at radius 1 is 0.933 bits per heavy atom. The fraction of sp³-hybridized carbons (Fsp3) is 0.136. The average Bonchev–Trinajstić information content (AvgIpc) is 3.15. The summed E-state index contributed by atoms with van der Waals surface area (Å²) < 4.78 is 9.64. The predicted octanol–water partition coefficient (Wildman–Crippen LogP) is 4.72. The van der Waals surface area contributed by atoms with Crippen LogP contribution in [0.3, 0.4) is 0 Å². The van der Waals surface area contributed by atoms with Gasteiger partial charge in [-0.2, -0.15) is 0 Å². The highest BCUT2D eigenvalue weighted by Gasteiger charge is 2.18. The highest BCUT2D eigenvalue weighted by molar-refractivity contribution is 7.80. The van der Waals surface area contributed by atoms with Crippen molar-refractivity contribution in [3.8, 4) is 0 Å². The zero-order valence-electron chi connectivity index (χ0n) is 16.4. The molecule has 0 saturated carbocycles. The molecule has 0 unspecified atom stereocenters. The van der Waals surface area contributed by atoms with Gasteiger partial charge >= 0.3 is 11.9 Å². The zero-order chi connectivity index (χ0) is 21.5. The Morgan fingerprint density at radius 3 is 2.37 bits per heavy atom. The van der Waals surface area contributed by atoms with Crippen molar-refractivity contribution in [3.05, 3.63) is 82.2 Å². The van der Waals surface area contributed by atoms with Crippen LogP contribution in [0, 0.1) is 0 Å². The van der Waals surface area contributed by atoms with Crippen LogP contribution in [0.5, 0.6) is 0 Å². The van der Waals surface area contributed by atoms with Crippen LogP contribution in [-0.2, 0) is 15.9 Å². The minimum atomic E-state index is -0.441. The fourth-order valence-electron chi connectivity index (χ4n) is 2.79. The molecule has 0 bridgehead atoms. The number of rotatable bonds is 6. The van der Waals surface area contributed by atoms with Gasteiger partial charge in [-0.3, -0.25) is 0 Å². The quantitative estimate of drug-likeness (QED) is 0.424. The lowest BCUT2D eigenvalue weighted by Gasteiger charge is -2.11. The van der Waals surface area contributed by atoms with Gasteiger partial charge in [-0.15, -0.1) is 11.3 Å². The third-order valence-electron chi connectivity index (χ3n) is 4.18. The Hall–Kier alpha value is -3.23. The molecular weight excluding hydrogens is 420 g/mol. The first-order valence-electron chi connectivity index (χ1n) is 9.01. The number of hydrogen-bond acceptors (Lipinski definition) is 6. The van der Waals surface area contributed by atoms with Crippen molar-refractivity contribution in [2.75, 3.05) is 24.9 Å². The molecule has 0 aliphatic heterocycles. The van der Waals surface area contributed by atoms with Crippen molar-refractivity contribution in [2.24, 2.45) is 0 Å². The first-order chi connectivity index (χ1) is 14.5. The van der Waals surface area contributed by atoms with Gasteiger partial charge in [-0.25, -0.2) is 9.59 Å². The minimum absolute atomic E-state index is 0.287. The molecule has 3 rings (SSSR count). The number of esters is 2. The summed E-state index contributed by atoms with van der Waals surface area (Å²) in [6, 6.07) is 18.6. The monoisotopic (exact) mass is 440 g/mol. The lowest BCUT2D eigenvalue weighted by atomic mass is 10.1. The Labute approximate surface area is 183 Å². The summed E-state index contributed by atoms with van der Waals surface area (Å²) in [5.41, 5.74) is 2.58. The molecule has 2 N–H and O–H groups in total. The SMILES string of the molecule is COC(=O)c1cccc(NC(=S)Nc2sc(Cc3ccccc3)cc2C(=O)OC)c1. The Morgan fingerprint density at radius 2 is 1.67 bits per heavy atom. The number of methoxy groups -OCH3 is 2. The van der Waals surface area contributed by atoms with Crippen molar-refractivity contribution >= 4 is 51.3 Å². The van der Waals surface area contributed by atoms with Gasteiger partial charge in [0.2, 0.25) is 0 Å². The van der Waals surface area contributed by atoms with E-state index in [2.05, 4.69) is 10.6 Å². The molecule has 6 nitrogen and oxygen atoms in total. The summed E-state index contributed by atoms with van der Waals surface area (Å²) in [4.78, 5) is 24.9. The molecule has 0 saturated heterocycles. The van der Waals surface area contributed by atoms with E-state index in [4.69, 9.17) is 21.7 Å². The van der Waals surface area contributed by atoms with E-state index in [1.807, 2.05) is 36.4 Å². The second-order valence-corrected chi connectivity index (χ2v) is 7.81. The van der Waals surface area contributed by atoms with Crippen LogP contribution in [0.4, 0.5) is 10.7 Å². The molecule has 3 aromatic rings. The molecule has 2 aromatic carbocycles. The highest BCUT2D eigenvalue weighted by atomic mass is 32.1. The van der Waals surface area contributed by atoms with Crippen LogP contribution in [0.25, 0.3) is 0 Å². The predicted molar refractivity (Wildman–Crippen MR) is 123 cm³/mol. The summed E-state index contributed by atoms with van der Waals surface area (Å²) in [7, 11) is 2.67. The second kappa shape index (κ2) is 10.00. The molecule has 0 fully saturated rings. The van der Waals surface area contributed by atoms with E-state index in [0.717, 1.165) is 10.4 Å². The van der Waals surface area contributed by atoms with E-state index in [0.29, 0.717) is 28.2 Å². The third-order valence-corrected chi connectivity index (χ3v) is 5.43. The zero-order valence-corrected chi connectivity index (χ0v) is 18.1. The van der Waals surface area contributed by atoms with Gasteiger partial charge in [0.15, 0.2) is 5.11 Å². The van der Waals surface area contributed by atoms with E-state index in [1.54, 1.807) is 24.3 Å². The Bertz CT molecular complexity index is 1060. The van der Waals surface area contributed by atoms with E-state index < -0.39 is 11.9 Å². The van der Waals surface area contributed by atoms with Gasteiger partial charge in [0.05, 0.1) is 25.3 Å². The summed E-state index contributed by atoms with van der Waals surface area (Å²) in [6.07, 6.45) is 0.693. The number of anilines is 2. The van der Waals surface area contributed by atoms with Crippen LogP contribution in [0.2, 0.25) is 0 Å². The Kier molecular flexibility index (Phi) is 7.16. The van der Waals surface area contributed by atoms with Gasteiger partial charge < -0.3 is 20.1 Å². The van der Waals surface area contributed by atoms with Gasteiger partial charge in [0, 0.05) is 17.0 Å². The summed E-state index contributed by atoms with van der Waals surface area (Å²) in [5.74, 6) is -0.877. The number of ether oxygens (including phenoxy) is 2. The maximum Gasteiger partial charge on any atom is 0.340 e. The van der Waals surface area contributed by atoms with Crippen LogP contribution in [0.15, 0.2) is 60.7 Å². The van der Waals surface area contributed by atoms with Crippen molar-refractivity contribution in [1.29, 1.82) is 0 Å². The number of hydrogen-bond donors (Lipinski definition) is 2. The van der Waals surface area contributed by atoms with Crippen LogP contribution < -0.4 is 10.6 Å². The number of carbonyl (C=O) groups is 2. The highest BCUT2D eigenvalue weighted by Crippen LogP contribution is 2.30. The van der Waals surface area contributed by atoms with Crippen molar-refractivity contribution < 1.29 is 19.1 Å². The first-order valence-corrected chi connectivity index (χ1v) is 10.2. The van der Waals surface area contributed by atoms with E-state index in [-0.39, 0.29) is 5.11 Å². The fourth-order valence-corrected chi connectivity index (χ4v) is 4.16. The van der Waals surface area contributed by atoms with Gasteiger partial charge in [0.25, 0.3) is 0 Å². The van der Waals surface area contributed by atoms with Crippen molar-refractivity contribution in [1.82, 2.24) is 0 Å². The molecule has 0 spiro atoms. The summed E-state index contributed by atoms with van der Waals surface area (Å²) in [5, 5.41) is 6.96. The van der Waals surface area contributed by atoms with Crippen LogP contribution in [0.1, 0.15) is 31.2 Å². The van der Waals surface area contributed by atoms with Crippen molar-refractivity contribution in [3.63, 3.8) is 0 Å². The number of benzene rings is 2. The van der Waals surface area contributed by atoms with E-state index in [1.165, 1.54) is 25.6 Å². The van der Waals surface area contributed by atoms with E-state index >= 15 is 0 Å². The van der Waals surface area contributed by atoms with E-state index in [9.17, 15) is 9.59 Å². The molecule has 154 valence electrons. The number of nitrogens with one attached hydrogen (secondary N) is 2. The number of thiophene rings is 1. The average molecular weight is 441 g/mol. The number of thiocarbonyl (C=S) groups is 1. The lowest BCUT2D eigenvalue weighted by Crippen LogP contribution is -2.20. The molecule has 30 heavy (non-hydrogen) atoms. The minimum Gasteiger partial charge on any atom is -0.465 e. The molecule has 8 heteroatoms. The second-order valence-electron chi connectivity index (χ2n) is 6.26.